The number of nitro groups is 1. The quantitative estimate of drug-likeness (QED) is 0.324. The number of carbonyl (C=O) groups is 1. The molecule has 1 aliphatic heterocycles. The van der Waals surface area contributed by atoms with Gasteiger partial charge in [0.05, 0.1) is 16.7 Å². The third-order valence-corrected chi connectivity index (χ3v) is 7.62. The highest BCUT2D eigenvalue weighted by Crippen LogP contribution is 2.45. The van der Waals surface area contributed by atoms with Gasteiger partial charge >= 0.3 is 0 Å². The van der Waals surface area contributed by atoms with Gasteiger partial charge < -0.3 is 4.74 Å². The van der Waals surface area contributed by atoms with E-state index in [0.29, 0.717) is 5.75 Å². The molecule has 33 heavy (non-hydrogen) atoms. The summed E-state index contributed by atoms with van der Waals surface area (Å²) in [5, 5.41) is 21.3. The topological polar surface area (TPSA) is 85.0 Å². The molecule has 0 bridgehead atoms. The molecular formula is C24H21N3O4S2. The van der Waals surface area contributed by atoms with Crippen molar-refractivity contribution < 1.29 is 14.5 Å². The van der Waals surface area contributed by atoms with Gasteiger partial charge in [0.25, 0.3) is 11.6 Å². The summed E-state index contributed by atoms with van der Waals surface area (Å²) in [7, 11) is 0. The van der Waals surface area contributed by atoms with Gasteiger partial charge in [0.1, 0.15) is 5.75 Å². The summed E-state index contributed by atoms with van der Waals surface area (Å²) >= 11 is 3.33. The first-order chi connectivity index (χ1) is 16.1. The minimum atomic E-state index is -0.468. The fourth-order valence-corrected chi connectivity index (χ4v) is 5.92. The minimum absolute atomic E-state index is 0.0217. The largest absolute Gasteiger partial charge is 0.484 e. The molecule has 2 unspecified atom stereocenters. The maximum atomic E-state index is 13.2. The van der Waals surface area contributed by atoms with Crippen molar-refractivity contribution in [3.8, 4) is 5.75 Å². The number of thiophene rings is 2. The summed E-state index contributed by atoms with van der Waals surface area (Å²) in [5.41, 5.74) is 2.17. The maximum absolute atomic E-state index is 13.2. The van der Waals surface area contributed by atoms with Crippen LogP contribution >= 0.6 is 22.7 Å². The minimum Gasteiger partial charge on any atom is -0.484 e. The smallest absolute Gasteiger partial charge is 0.281 e. The third kappa shape index (κ3) is 4.46. The van der Waals surface area contributed by atoms with Crippen LogP contribution in [0.5, 0.6) is 5.75 Å². The summed E-state index contributed by atoms with van der Waals surface area (Å²) in [6, 6.07) is 13.8. The highest BCUT2D eigenvalue weighted by atomic mass is 32.1. The first kappa shape index (κ1) is 21.5. The van der Waals surface area contributed by atoms with Crippen LogP contribution in [0.15, 0.2) is 70.0 Å². The number of hydrogen-bond donors (Lipinski definition) is 0. The molecular weight excluding hydrogens is 458 g/mol. The Hall–Kier alpha value is -3.30. The molecule has 1 saturated carbocycles. The molecule has 2 aliphatic rings. The zero-order chi connectivity index (χ0) is 22.8. The Labute approximate surface area is 198 Å². The van der Waals surface area contributed by atoms with E-state index in [9.17, 15) is 14.9 Å². The van der Waals surface area contributed by atoms with Crippen LogP contribution in [0.1, 0.15) is 35.1 Å². The number of allylic oxidation sites excluding steroid dienone is 1. The fourth-order valence-electron chi connectivity index (χ4n) is 4.37. The number of fused-ring (bicyclic) bond motifs is 1. The third-order valence-electron chi connectivity index (χ3n) is 5.86. The molecule has 7 nitrogen and oxygen atoms in total. The van der Waals surface area contributed by atoms with E-state index in [0.717, 1.165) is 29.9 Å². The van der Waals surface area contributed by atoms with Gasteiger partial charge in [-0.2, -0.15) is 5.10 Å². The lowest BCUT2D eigenvalue weighted by Crippen LogP contribution is -2.34. The highest BCUT2D eigenvalue weighted by Gasteiger charge is 2.44. The second-order valence-electron chi connectivity index (χ2n) is 7.91. The van der Waals surface area contributed by atoms with Crippen LogP contribution in [-0.4, -0.2) is 28.2 Å². The first-order valence-corrected chi connectivity index (χ1v) is 12.4. The summed E-state index contributed by atoms with van der Waals surface area (Å²) < 4.78 is 5.65. The molecule has 5 rings (SSSR count). The van der Waals surface area contributed by atoms with Crippen molar-refractivity contribution >= 4 is 46.1 Å². The number of amides is 1. The van der Waals surface area contributed by atoms with E-state index in [4.69, 9.17) is 9.84 Å². The van der Waals surface area contributed by atoms with Gasteiger partial charge in [0, 0.05) is 27.8 Å². The van der Waals surface area contributed by atoms with E-state index < -0.39 is 4.92 Å². The molecule has 2 atom stereocenters. The normalized spacial score (nSPS) is 21.0. The molecule has 1 fully saturated rings. The summed E-state index contributed by atoms with van der Waals surface area (Å²) in [4.78, 5) is 25.9. The Morgan fingerprint density at radius 2 is 1.97 bits per heavy atom. The van der Waals surface area contributed by atoms with Crippen molar-refractivity contribution in [2.24, 2.45) is 11.0 Å². The van der Waals surface area contributed by atoms with E-state index in [1.54, 1.807) is 27.7 Å². The lowest BCUT2D eigenvalue weighted by Gasteiger charge is -2.28. The SMILES string of the molecule is O=C(COc1ccc([N+](=O)[O-])cc1)N1N=C2C(=Cc3cccs3)CCCC2C1c1cccs1. The molecule has 0 N–H and O–H groups in total. The van der Waals surface area contributed by atoms with Crippen molar-refractivity contribution in [3.05, 3.63) is 84.7 Å². The van der Waals surface area contributed by atoms with Gasteiger partial charge in [-0.1, -0.05) is 12.1 Å². The fraction of sp³-hybridized carbons (Fsp3) is 0.250. The molecule has 0 radical (unpaired) electrons. The van der Waals surface area contributed by atoms with Crippen molar-refractivity contribution in [1.29, 1.82) is 0 Å². The Morgan fingerprint density at radius 1 is 1.18 bits per heavy atom. The van der Waals surface area contributed by atoms with Gasteiger partial charge in [-0.25, -0.2) is 5.01 Å². The second-order valence-corrected chi connectivity index (χ2v) is 9.87. The molecule has 168 valence electrons. The van der Waals surface area contributed by atoms with Crippen LogP contribution in [0.2, 0.25) is 0 Å². The average molecular weight is 480 g/mol. The molecule has 0 saturated heterocycles. The summed E-state index contributed by atoms with van der Waals surface area (Å²) in [5.74, 6) is 0.334. The number of hydrazone groups is 1. The Kier molecular flexibility index (Phi) is 6.06. The van der Waals surface area contributed by atoms with Crippen LogP contribution in [0, 0.1) is 16.0 Å². The van der Waals surface area contributed by atoms with Crippen LogP contribution < -0.4 is 4.74 Å². The van der Waals surface area contributed by atoms with Crippen LogP contribution in [0.4, 0.5) is 5.69 Å². The summed E-state index contributed by atoms with van der Waals surface area (Å²) in [6.45, 7) is -0.187. The number of non-ortho nitro benzene ring substituents is 1. The number of hydrogen-bond acceptors (Lipinski definition) is 7. The van der Waals surface area contributed by atoms with Gasteiger partial charge in [0.2, 0.25) is 0 Å². The molecule has 1 amide bonds. The number of carbonyl (C=O) groups excluding carboxylic acids is 1. The lowest BCUT2D eigenvalue weighted by molar-refractivity contribution is -0.384. The zero-order valence-electron chi connectivity index (χ0n) is 17.6. The van der Waals surface area contributed by atoms with Gasteiger partial charge in [-0.15, -0.1) is 22.7 Å². The lowest BCUT2D eigenvalue weighted by atomic mass is 9.79. The molecule has 9 heteroatoms. The highest BCUT2D eigenvalue weighted by molar-refractivity contribution is 7.11. The number of rotatable bonds is 6. The Bertz CT molecular complexity index is 1200. The zero-order valence-corrected chi connectivity index (χ0v) is 19.3. The monoisotopic (exact) mass is 479 g/mol. The van der Waals surface area contributed by atoms with Gasteiger partial charge in [-0.3, -0.25) is 14.9 Å². The van der Waals surface area contributed by atoms with Crippen LogP contribution in [0.3, 0.4) is 0 Å². The van der Waals surface area contributed by atoms with Crippen molar-refractivity contribution in [1.82, 2.24) is 5.01 Å². The number of benzene rings is 1. The number of ether oxygens (including phenoxy) is 1. The Morgan fingerprint density at radius 3 is 2.67 bits per heavy atom. The molecule has 1 aliphatic carbocycles. The summed E-state index contributed by atoms with van der Waals surface area (Å²) in [6.07, 6.45) is 5.19. The predicted octanol–water partition coefficient (Wildman–Crippen LogP) is 5.92. The van der Waals surface area contributed by atoms with Gasteiger partial charge in [0.15, 0.2) is 6.61 Å². The molecule has 3 aromatic rings. The Balaban J connectivity index is 1.39. The predicted molar refractivity (Wildman–Crippen MR) is 130 cm³/mol. The first-order valence-electron chi connectivity index (χ1n) is 10.7. The van der Waals surface area contributed by atoms with Crippen LogP contribution in [-0.2, 0) is 4.79 Å². The molecule has 2 aromatic heterocycles. The van der Waals surface area contributed by atoms with Crippen molar-refractivity contribution in [2.45, 2.75) is 25.3 Å². The number of nitro benzene ring substituents is 1. The van der Waals surface area contributed by atoms with E-state index >= 15 is 0 Å². The van der Waals surface area contributed by atoms with Crippen molar-refractivity contribution in [2.75, 3.05) is 6.61 Å². The van der Waals surface area contributed by atoms with Crippen molar-refractivity contribution in [3.63, 3.8) is 0 Å². The van der Waals surface area contributed by atoms with E-state index in [-0.39, 0.29) is 30.2 Å². The maximum Gasteiger partial charge on any atom is 0.281 e. The number of nitrogens with zero attached hydrogens (tertiary/aromatic N) is 3. The van der Waals surface area contributed by atoms with E-state index in [1.807, 2.05) is 17.5 Å². The van der Waals surface area contributed by atoms with Crippen LogP contribution in [0.25, 0.3) is 6.08 Å². The average Bonchev–Trinajstić information content (AvgIpc) is 3.58. The van der Waals surface area contributed by atoms with E-state index in [1.165, 1.54) is 34.7 Å². The standard InChI is InChI=1S/C24H21N3O4S2/c28-22(15-31-18-10-8-17(9-11-18)27(29)30)26-24(21-7-3-13-33-21)20-6-1-4-16(23(20)25-26)14-19-5-2-12-32-19/h2-3,5,7-14,20,24H,1,4,6,15H2. The molecule has 0 spiro atoms. The van der Waals surface area contributed by atoms with E-state index in [2.05, 4.69) is 23.6 Å². The molecule has 1 aromatic carbocycles. The molecule has 3 heterocycles. The van der Waals surface area contributed by atoms with Gasteiger partial charge in [-0.05, 0) is 65.9 Å². The second kappa shape index (κ2) is 9.29.